The fraction of sp³-hybridized carbons (Fsp3) is 0.952. The van der Waals surface area contributed by atoms with Gasteiger partial charge in [0.1, 0.15) is 0 Å². The van der Waals surface area contributed by atoms with Crippen LogP contribution < -0.4 is 0 Å². The number of aliphatic hydroxyl groups is 1. The SMILES string of the molecule is CCCCCCCCCCCCCCCCCC(=O)OS(=O)(=O)CCCO. The average Bonchev–Trinajstić information content (AvgIpc) is 2.63. The highest BCUT2D eigenvalue weighted by atomic mass is 32.2. The molecule has 0 unspecified atom stereocenters. The Morgan fingerprint density at radius 3 is 1.52 bits per heavy atom. The zero-order chi connectivity index (χ0) is 20.2. The predicted molar refractivity (Wildman–Crippen MR) is 111 cm³/mol. The Morgan fingerprint density at radius 1 is 0.704 bits per heavy atom. The van der Waals surface area contributed by atoms with Crippen LogP contribution >= 0.6 is 0 Å². The highest BCUT2D eigenvalue weighted by Gasteiger charge is 2.16. The molecule has 5 nitrogen and oxygen atoms in total. The van der Waals surface area contributed by atoms with Crippen molar-refractivity contribution in [2.45, 2.75) is 116 Å². The minimum atomic E-state index is -3.82. The number of unbranched alkanes of at least 4 members (excludes halogenated alkanes) is 14. The van der Waals surface area contributed by atoms with Gasteiger partial charge in [0.05, 0.1) is 5.75 Å². The largest absolute Gasteiger partial charge is 0.396 e. The van der Waals surface area contributed by atoms with Crippen LogP contribution in [-0.2, 0) is 19.1 Å². The molecule has 0 rings (SSSR count). The van der Waals surface area contributed by atoms with Crippen molar-refractivity contribution in [3.8, 4) is 0 Å². The van der Waals surface area contributed by atoms with Gasteiger partial charge in [-0.05, 0) is 12.8 Å². The van der Waals surface area contributed by atoms with Crippen LogP contribution in [-0.4, -0.2) is 31.9 Å². The summed E-state index contributed by atoms with van der Waals surface area (Å²) >= 11 is 0. The highest BCUT2D eigenvalue weighted by Crippen LogP contribution is 2.14. The molecule has 0 aromatic rings. The molecule has 6 heteroatoms. The fourth-order valence-electron chi connectivity index (χ4n) is 3.11. The molecule has 0 saturated heterocycles. The Hall–Kier alpha value is -0.620. The van der Waals surface area contributed by atoms with Crippen LogP contribution in [0.4, 0.5) is 0 Å². The van der Waals surface area contributed by atoms with Crippen LogP contribution in [0.5, 0.6) is 0 Å². The average molecular weight is 407 g/mol. The summed E-state index contributed by atoms with van der Waals surface area (Å²) in [6.07, 6.45) is 19.0. The van der Waals surface area contributed by atoms with Crippen molar-refractivity contribution < 1.29 is 22.5 Å². The lowest BCUT2D eigenvalue weighted by molar-refractivity contribution is -0.133. The van der Waals surface area contributed by atoms with Gasteiger partial charge in [-0.2, -0.15) is 8.42 Å². The molecule has 0 aliphatic carbocycles. The molecule has 0 aliphatic rings. The van der Waals surface area contributed by atoms with Crippen LogP contribution in [0.25, 0.3) is 0 Å². The van der Waals surface area contributed by atoms with Crippen molar-refractivity contribution in [3.63, 3.8) is 0 Å². The first-order valence-corrected chi connectivity index (χ1v) is 12.7. The van der Waals surface area contributed by atoms with Crippen molar-refractivity contribution in [1.29, 1.82) is 0 Å². The third kappa shape index (κ3) is 19.9. The molecule has 0 amide bonds. The maximum atomic E-state index is 11.5. The van der Waals surface area contributed by atoms with E-state index in [9.17, 15) is 13.2 Å². The van der Waals surface area contributed by atoms with Crippen molar-refractivity contribution in [1.82, 2.24) is 0 Å². The smallest absolute Gasteiger partial charge is 0.322 e. The van der Waals surface area contributed by atoms with Crippen LogP contribution in [0.15, 0.2) is 0 Å². The van der Waals surface area contributed by atoms with E-state index in [1.807, 2.05) is 0 Å². The molecule has 0 fully saturated rings. The summed E-state index contributed by atoms with van der Waals surface area (Å²) in [6.45, 7) is 2.03. The maximum Gasteiger partial charge on any atom is 0.322 e. The van der Waals surface area contributed by atoms with Gasteiger partial charge in [0.25, 0.3) is 0 Å². The van der Waals surface area contributed by atoms with Crippen molar-refractivity contribution in [2.75, 3.05) is 12.4 Å². The van der Waals surface area contributed by atoms with Gasteiger partial charge in [0, 0.05) is 13.0 Å². The molecule has 1 N–H and O–H groups in total. The van der Waals surface area contributed by atoms with Gasteiger partial charge in [0.2, 0.25) is 0 Å². The van der Waals surface area contributed by atoms with E-state index in [4.69, 9.17) is 5.11 Å². The minimum absolute atomic E-state index is 0.0918. The maximum absolute atomic E-state index is 11.5. The van der Waals surface area contributed by atoms with E-state index in [1.165, 1.54) is 77.0 Å². The first-order chi connectivity index (χ1) is 13.0. The Kier molecular flexibility index (Phi) is 18.3. The summed E-state index contributed by atoms with van der Waals surface area (Å²) < 4.78 is 27.3. The fourth-order valence-corrected chi connectivity index (χ4v) is 4.04. The Balaban J connectivity index is 3.32. The van der Waals surface area contributed by atoms with Crippen LogP contribution in [0.2, 0.25) is 0 Å². The third-order valence-electron chi connectivity index (χ3n) is 4.76. The summed E-state index contributed by atoms with van der Waals surface area (Å²) in [4.78, 5) is 11.5. The monoisotopic (exact) mass is 406 g/mol. The standard InChI is InChI=1S/C21H42O5S/c1-2-3-4-5-6-7-8-9-10-11-12-13-14-15-16-18-21(23)26-27(24,25)20-17-19-22/h22H,2-20H2,1H3. The molecule has 0 heterocycles. The van der Waals surface area contributed by atoms with E-state index in [-0.39, 0.29) is 25.2 Å². The van der Waals surface area contributed by atoms with E-state index in [0.29, 0.717) is 6.42 Å². The molecule has 0 aliphatic heterocycles. The summed E-state index contributed by atoms with van der Waals surface area (Å²) in [5.41, 5.74) is 0. The first-order valence-electron chi connectivity index (χ1n) is 11.1. The Labute approximate surface area is 167 Å². The molecule has 0 aromatic heterocycles. The number of aliphatic hydroxyl groups excluding tert-OH is 1. The highest BCUT2D eigenvalue weighted by molar-refractivity contribution is 7.87. The van der Waals surface area contributed by atoms with Crippen molar-refractivity contribution >= 4 is 16.1 Å². The number of carbonyl (C=O) groups is 1. The van der Waals surface area contributed by atoms with E-state index in [1.54, 1.807) is 0 Å². The number of rotatable bonds is 20. The van der Waals surface area contributed by atoms with Crippen LogP contribution in [0.3, 0.4) is 0 Å². The molecule has 0 saturated carbocycles. The Bertz CT molecular complexity index is 434. The van der Waals surface area contributed by atoms with E-state index < -0.39 is 16.1 Å². The third-order valence-corrected chi connectivity index (χ3v) is 5.99. The van der Waals surface area contributed by atoms with E-state index >= 15 is 0 Å². The predicted octanol–water partition coefficient (Wildman–Crippen LogP) is 5.50. The second kappa shape index (κ2) is 18.7. The quantitative estimate of drug-likeness (QED) is 0.213. The van der Waals surface area contributed by atoms with Crippen LogP contribution in [0.1, 0.15) is 116 Å². The van der Waals surface area contributed by atoms with Gasteiger partial charge >= 0.3 is 16.1 Å². The lowest BCUT2D eigenvalue weighted by Crippen LogP contribution is -2.16. The zero-order valence-corrected chi connectivity index (χ0v) is 18.2. The molecule has 27 heavy (non-hydrogen) atoms. The second-order valence-electron chi connectivity index (χ2n) is 7.49. The van der Waals surface area contributed by atoms with Gasteiger partial charge in [-0.1, -0.05) is 96.8 Å². The van der Waals surface area contributed by atoms with E-state index in [2.05, 4.69) is 11.1 Å². The molecule has 162 valence electrons. The minimum Gasteiger partial charge on any atom is -0.396 e. The summed E-state index contributed by atoms with van der Waals surface area (Å²) in [5.74, 6) is -0.990. The van der Waals surface area contributed by atoms with Gasteiger partial charge in [-0.15, -0.1) is 0 Å². The van der Waals surface area contributed by atoms with Gasteiger partial charge < -0.3 is 9.29 Å². The molecule has 0 bridgehead atoms. The zero-order valence-electron chi connectivity index (χ0n) is 17.4. The summed E-state index contributed by atoms with van der Waals surface area (Å²) in [7, 11) is -3.82. The molecular weight excluding hydrogens is 364 g/mol. The van der Waals surface area contributed by atoms with Crippen molar-refractivity contribution in [3.05, 3.63) is 0 Å². The van der Waals surface area contributed by atoms with Crippen molar-refractivity contribution in [2.24, 2.45) is 0 Å². The normalized spacial score (nSPS) is 11.6. The molecule has 0 aromatic carbocycles. The van der Waals surface area contributed by atoms with E-state index in [0.717, 1.165) is 12.8 Å². The molecule has 0 radical (unpaired) electrons. The number of carbonyl (C=O) groups excluding carboxylic acids is 1. The Morgan fingerprint density at radius 2 is 1.11 bits per heavy atom. The molecule has 0 spiro atoms. The molecule has 0 atom stereocenters. The van der Waals surface area contributed by atoms with Gasteiger partial charge in [-0.25, -0.2) is 0 Å². The van der Waals surface area contributed by atoms with Gasteiger partial charge in [-0.3, -0.25) is 4.79 Å². The number of hydrogen-bond acceptors (Lipinski definition) is 5. The van der Waals surface area contributed by atoms with Crippen LogP contribution in [0, 0.1) is 0 Å². The first kappa shape index (κ1) is 26.4. The molecular formula is C21H42O5S. The lowest BCUT2D eigenvalue weighted by Gasteiger charge is -2.05. The summed E-state index contributed by atoms with van der Waals surface area (Å²) in [5, 5.41) is 8.61. The topological polar surface area (TPSA) is 80.7 Å². The second-order valence-corrected chi connectivity index (χ2v) is 9.18. The number of hydrogen-bond donors (Lipinski definition) is 1. The lowest BCUT2D eigenvalue weighted by atomic mass is 10.0. The van der Waals surface area contributed by atoms with Gasteiger partial charge in [0.15, 0.2) is 0 Å². The summed E-state index contributed by atoms with van der Waals surface area (Å²) in [6, 6.07) is 0.